The van der Waals surface area contributed by atoms with Crippen molar-refractivity contribution in [1.29, 1.82) is 0 Å². The summed E-state index contributed by atoms with van der Waals surface area (Å²) >= 11 is 0. The average molecular weight is 206 g/mol. The van der Waals surface area contributed by atoms with E-state index in [1.54, 1.807) is 0 Å². The number of nitrogens with zero attached hydrogens (tertiary/aromatic N) is 2. The highest BCUT2D eigenvalue weighted by molar-refractivity contribution is 5.08. The summed E-state index contributed by atoms with van der Waals surface area (Å²) in [6, 6.07) is 0.454. The highest BCUT2D eigenvalue weighted by atomic mass is 15.1. The van der Waals surface area contributed by atoms with E-state index in [1.165, 1.54) is 0 Å². The molecule has 0 amide bonds. The number of terminal acetylenes is 1. The van der Waals surface area contributed by atoms with Gasteiger partial charge in [0, 0.05) is 18.8 Å². The number of nitrogens with two attached hydrogens (primary N) is 1. The van der Waals surface area contributed by atoms with E-state index in [-0.39, 0.29) is 6.04 Å². The molecule has 0 aliphatic carbocycles. The monoisotopic (exact) mass is 206 g/mol. The molecule has 0 aliphatic rings. The van der Waals surface area contributed by atoms with Crippen molar-refractivity contribution in [3.63, 3.8) is 0 Å². The molecule has 0 radical (unpaired) electrons. The molecule has 0 bridgehead atoms. The van der Waals surface area contributed by atoms with Crippen molar-refractivity contribution in [3.05, 3.63) is 18.2 Å². The molecule has 15 heavy (non-hydrogen) atoms. The first kappa shape index (κ1) is 11.8. The number of nitrogens with one attached hydrogen (secondary N) is 1. The number of rotatable bonds is 5. The van der Waals surface area contributed by atoms with Gasteiger partial charge in [-0.25, -0.2) is 4.98 Å². The second-order valence-corrected chi connectivity index (χ2v) is 3.69. The van der Waals surface area contributed by atoms with E-state index in [2.05, 4.69) is 34.6 Å². The first-order valence-corrected chi connectivity index (χ1v) is 5.09. The van der Waals surface area contributed by atoms with E-state index in [0.29, 0.717) is 19.1 Å². The lowest BCUT2D eigenvalue weighted by molar-refractivity contribution is 0.497. The maximum Gasteiger partial charge on any atom is 0.0951 e. The zero-order chi connectivity index (χ0) is 11.3. The van der Waals surface area contributed by atoms with Crippen molar-refractivity contribution in [2.75, 3.05) is 13.1 Å². The summed E-state index contributed by atoms with van der Waals surface area (Å²) in [5.41, 5.74) is 6.79. The molecule has 1 aromatic rings. The predicted molar refractivity (Wildman–Crippen MR) is 61.2 cm³/mol. The van der Waals surface area contributed by atoms with E-state index < -0.39 is 0 Å². The van der Waals surface area contributed by atoms with Crippen molar-refractivity contribution in [1.82, 2.24) is 14.9 Å². The van der Waals surface area contributed by atoms with E-state index >= 15 is 0 Å². The van der Waals surface area contributed by atoms with Crippen LogP contribution in [0.25, 0.3) is 0 Å². The number of aromatic nitrogens is 2. The Labute approximate surface area is 90.9 Å². The quantitative estimate of drug-likeness (QED) is 0.697. The lowest BCUT2D eigenvalue weighted by atomic mass is 10.2. The molecule has 1 unspecified atom stereocenters. The van der Waals surface area contributed by atoms with Crippen molar-refractivity contribution < 1.29 is 0 Å². The highest BCUT2D eigenvalue weighted by Crippen LogP contribution is 2.15. The Morgan fingerprint density at radius 3 is 2.93 bits per heavy atom. The summed E-state index contributed by atoms with van der Waals surface area (Å²) in [5, 5.41) is 3.19. The SMILES string of the molecule is C#CCNC(CN)c1cncn1C(C)C. The third kappa shape index (κ3) is 2.82. The Morgan fingerprint density at radius 2 is 2.40 bits per heavy atom. The zero-order valence-electron chi connectivity index (χ0n) is 9.27. The fourth-order valence-electron chi connectivity index (χ4n) is 1.51. The summed E-state index contributed by atoms with van der Waals surface area (Å²) in [7, 11) is 0. The molecular weight excluding hydrogens is 188 g/mol. The molecule has 4 nitrogen and oxygen atoms in total. The van der Waals surface area contributed by atoms with Crippen LogP contribution in [0.1, 0.15) is 31.6 Å². The highest BCUT2D eigenvalue weighted by Gasteiger charge is 2.14. The maximum atomic E-state index is 5.70. The molecule has 0 aromatic carbocycles. The minimum atomic E-state index is 0.0750. The van der Waals surface area contributed by atoms with E-state index in [9.17, 15) is 0 Å². The van der Waals surface area contributed by atoms with Crippen molar-refractivity contribution >= 4 is 0 Å². The van der Waals surface area contributed by atoms with Crippen LogP contribution in [0.3, 0.4) is 0 Å². The van der Waals surface area contributed by atoms with Gasteiger partial charge in [-0.05, 0) is 13.8 Å². The molecule has 0 aliphatic heterocycles. The molecule has 4 heteroatoms. The average Bonchev–Trinajstić information content (AvgIpc) is 2.68. The second-order valence-electron chi connectivity index (χ2n) is 3.69. The molecule has 0 saturated carbocycles. The minimum Gasteiger partial charge on any atom is -0.331 e. The van der Waals surface area contributed by atoms with Gasteiger partial charge >= 0.3 is 0 Å². The van der Waals surface area contributed by atoms with Gasteiger partial charge in [0.05, 0.1) is 24.6 Å². The van der Waals surface area contributed by atoms with Crippen LogP contribution < -0.4 is 11.1 Å². The third-order valence-corrected chi connectivity index (χ3v) is 2.30. The lowest BCUT2D eigenvalue weighted by Crippen LogP contribution is -2.30. The van der Waals surface area contributed by atoms with Gasteiger partial charge in [0.2, 0.25) is 0 Å². The van der Waals surface area contributed by atoms with Crippen LogP contribution in [0.2, 0.25) is 0 Å². The van der Waals surface area contributed by atoms with Crippen molar-refractivity contribution in [2.24, 2.45) is 5.73 Å². The Morgan fingerprint density at radius 1 is 1.67 bits per heavy atom. The Kier molecular flexibility index (Phi) is 4.35. The van der Waals surface area contributed by atoms with Crippen LogP contribution in [0.5, 0.6) is 0 Å². The smallest absolute Gasteiger partial charge is 0.0951 e. The molecule has 1 heterocycles. The second kappa shape index (κ2) is 5.54. The van der Waals surface area contributed by atoms with Crippen LogP contribution in [0.4, 0.5) is 0 Å². The number of hydrogen-bond donors (Lipinski definition) is 2. The fraction of sp³-hybridized carbons (Fsp3) is 0.545. The van der Waals surface area contributed by atoms with Gasteiger partial charge in [0.1, 0.15) is 0 Å². The fourth-order valence-corrected chi connectivity index (χ4v) is 1.51. The summed E-state index contributed by atoms with van der Waals surface area (Å²) in [6.07, 6.45) is 8.86. The molecule has 0 saturated heterocycles. The maximum absolute atomic E-state index is 5.70. The van der Waals surface area contributed by atoms with Gasteiger partial charge in [-0.15, -0.1) is 6.42 Å². The minimum absolute atomic E-state index is 0.0750. The third-order valence-electron chi connectivity index (χ3n) is 2.30. The van der Waals surface area contributed by atoms with Crippen LogP contribution in [-0.2, 0) is 0 Å². The van der Waals surface area contributed by atoms with Gasteiger partial charge in [0.25, 0.3) is 0 Å². The van der Waals surface area contributed by atoms with E-state index in [4.69, 9.17) is 12.2 Å². The van der Waals surface area contributed by atoms with Gasteiger partial charge < -0.3 is 10.3 Å². The Balaban J connectivity index is 2.82. The van der Waals surface area contributed by atoms with Crippen LogP contribution >= 0.6 is 0 Å². The zero-order valence-corrected chi connectivity index (χ0v) is 9.27. The largest absolute Gasteiger partial charge is 0.331 e. The van der Waals surface area contributed by atoms with Crippen LogP contribution in [0, 0.1) is 12.3 Å². The van der Waals surface area contributed by atoms with E-state index in [1.807, 2.05) is 12.5 Å². The molecular formula is C11H18N4. The van der Waals surface area contributed by atoms with Crippen molar-refractivity contribution in [2.45, 2.75) is 25.9 Å². The van der Waals surface area contributed by atoms with Gasteiger partial charge in [-0.1, -0.05) is 5.92 Å². The molecule has 1 atom stereocenters. The summed E-state index contributed by atoms with van der Waals surface area (Å²) in [6.45, 7) is 5.26. The normalized spacial score (nSPS) is 12.7. The Bertz CT molecular complexity index is 335. The molecule has 0 fully saturated rings. The van der Waals surface area contributed by atoms with Crippen LogP contribution in [-0.4, -0.2) is 22.6 Å². The topological polar surface area (TPSA) is 55.9 Å². The molecule has 1 aromatic heterocycles. The molecule has 0 spiro atoms. The summed E-state index contributed by atoms with van der Waals surface area (Å²) < 4.78 is 2.10. The molecule has 82 valence electrons. The van der Waals surface area contributed by atoms with Gasteiger partial charge in [0.15, 0.2) is 0 Å². The lowest BCUT2D eigenvalue weighted by Gasteiger charge is -2.19. The first-order valence-electron chi connectivity index (χ1n) is 5.09. The summed E-state index contributed by atoms with van der Waals surface area (Å²) in [5.74, 6) is 2.55. The molecule has 3 N–H and O–H groups in total. The summed E-state index contributed by atoms with van der Waals surface area (Å²) in [4.78, 5) is 4.14. The number of hydrogen-bond acceptors (Lipinski definition) is 3. The standard InChI is InChI=1S/C11H18N4/c1-4-5-14-10(6-12)11-7-13-8-15(11)9(2)3/h1,7-10,14H,5-6,12H2,2-3H3. The Hall–Kier alpha value is -1.31. The van der Waals surface area contributed by atoms with Crippen molar-refractivity contribution in [3.8, 4) is 12.3 Å². The molecule has 1 rings (SSSR count). The van der Waals surface area contributed by atoms with E-state index in [0.717, 1.165) is 5.69 Å². The van der Waals surface area contributed by atoms with Gasteiger partial charge in [-0.2, -0.15) is 0 Å². The van der Waals surface area contributed by atoms with Crippen LogP contribution in [0.15, 0.2) is 12.5 Å². The number of imidazole rings is 1. The first-order chi connectivity index (χ1) is 7.20. The van der Waals surface area contributed by atoms with Gasteiger partial charge in [-0.3, -0.25) is 5.32 Å². The predicted octanol–water partition coefficient (Wildman–Crippen LogP) is 0.687.